The second-order valence-electron chi connectivity index (χ2n) is 3.39. The van der Waals surface area contributed by atoms with Crippen molar-refractivity contribution in [2.24, 2.45) is 0 Å². The number of hydrogen-bond acceptors (Lipinski definition) is 0. The minimum absolute atomic E-state index is 0.346. The van der Waals surface area contributed by atoms with Crippen molar-refractivity contribution in [3.05, 3.63) is 0 Å². The molecular formula is C8H16GeSi. The molecule has 0 unspecified atom stereocenters. The van der Waals surface area contributed by atoms with Gasteiger partial charge in [0.05, 0.1) is 0 Å². The SMILES string of the molecule is C#C[Si](C)C.C[C](C)(C)[Ge]. The molecule has 0 spiro atoms. The Morgan fingerprint density at radius 2 is 1.40 bits per heavy atom. The predicted molar refractivity (Wildman–Crippen MR) is 51.8 cm³/mol. The van der Waals surface area contributed by atoms with Crippen molar-refractivity contribution in [2.45, 2.75) is 38.1 Å². The zero-order valence-electron chi connectivity index (χ0n) is 7.58. The molecule has 10 heavy (non-hydrogen) atoms. The summed E-state index contributed by atoms with van der Waals surface area (Å²) < 4.78 is 0.500. The van der Waals surface area contributed by atoms with Crippen molar-refractivity contribution < 1.29 is 0 Å². The van der Waals surface area contributed by atoms with Gasteiger partial charge in [0.1, 0.15) is 8.80 Å². The van der Waals surface area contributed by atoms with E-state index in [0.29, 0.717) is 4.25 Å². The molecule has 0 saturated carbocycles. The molecule has 0 aliphatic carbocycles. The van der Waals surface area contributed by atoms with Gasteiger partial charge in [0.15, 0.2) is 0 Å². The van der Waals surface area contributed by atoms with E-state index < -0.39 is 0 Å². The first kappa shape index (κ1) is 12.9. The second-order valence-corrected chi connectivity index (χ2v) is 8.83. The van der Waals surface area contributed by atoms with Gasteiger partial charge in [0, 0.05) is 0 Å². The van der Waals surface area contributed by atoms with E-state index in [1.807, 2.05) is 0 Å². The van der Waals surface area contributed by atoms with Gasteiger partial charge in [-0.1, -0.05) is 13.1 Å². The van der Waals surface area contributed by atoms with Crippen LogP contribution in [0.4, 0.5) is 0 Å². The van der Waals surface area contributed by atoms with Crippen molar-refractivity contribution in [1.82, 2.24) is 0 Å². The van der Waals surface area contributed by atoms with Crippen LogP contribution < -0.4 is 0 Å². The summed E-state index contributed by atoms with van der Waals surface area (Å²) in [4.78, 5) is 0. The molecule has 0 aliphatic heterocycles. The molecule has 0 saturated heterocycles. The van der Waals surface area contributed by atoms with Crippen LogP contribution in [-0.2, 0) is 0 Å². The zero-order chi connectivity index (χ0) is 8.78. The molecule has 0 rings (SSSR count). The van der Waals surface area contributed by atoms with Gasteiger partial charge in [0.25, 0.3) is 0 Å². The molecule has 4 radical (unpaired) electrons. The van der Waals surface area contributed by atoms with Crippen molar-refractivity contribution >= 4 is 25.3 Å². The van der Waals surface area contributed by atoms with Gasteiger partial charge in [0.2, 0.25) is 0 Å². The molecule has 56 valence electrons. The van der Waals surface area contributed by atoms with Crippen LogP contribution in [0.5, 0.6) is 0 Å². The molecule has 0 atom stereocenters. The van der Waals surface area contributed by atoms with Crippen molar-refractivity contribution in [3.63, 3.8) is 0 Å². The number of terminal acetylenes is 1. The van der Waals surface area contributed by atoms with Gasteiger partial charge < -0.3 is 0 Å². The summed E-state index contributed by atoms with van der Waals surface area (Å²) in [6.07, 6.45) is 4.97. The van der Waals surface area contributed by atoms with Gasteiger partial charge >= 0.3 is 41.5 Å². The van der Waals surface area contributed by atoms with Crippen molar-refractivity contribution in [3.8, 4) is 12.0 Å². The van der Waals surface area contributed by atoms with E-state index >= 15 is 0 Å². The Kier molecular flexibility index (Phi) is 7.84. The van der Waals surface area contributed by atoms with E-state index in [9.17, 15) is 0 Å². The standard InChI is InChI=1S/C4H9Ge.C4H7Si/c1-4(2,3)5;1-4-5(2)3/h1-3H3;1H,2-3H3. The molecule has 0 aromatic rings. The van der Waals surface area contributed by atoms with E-state index in [1.165, 1.54) is 0 Å². The molecule has 0 fully saturated rings. The predicted octanol–water partition coefficient (Wildman–Crippen LogP) is 2.29. The third kappa shape index (κ3) is 82.8. The molecule has 0 N–H and O–H groups in total. The second kappa shape index (κ2) is 6.06. The summed E-state index contributed by atoms with van der Waals surface area (Å²) in [5.74, 6) is 0. The Labute approximate surface area is 75.6 Å². The summed E-state index contributed by atoms with van der Waals surface area (Å²) >= 11 is 2.19. The zero-order valence-corrected chi connectivity index (χ0v) is 10.7. The molecular weight excluding hydrogens is 197 g/mol. The summed E-state index contributed by atoms with van der Waals surface area (Å²) in [5.41, 5.74) is 2.63. The topological polar surface area (TPSA) is 0 Å². The average Bonchev–Trinajstić information content (AvgIpc) is 1.61. The summed E-state index contributed by atoms with van der Waals surface area (Å²) in [6, 6.07) is 0. The maximum absolute atomic E-state index is 4.97. The average molecular weight is 213 g/mol. The van der Waals surface area contributed by atoms with Crippen LogP contribution in [-0.4, -0.2) is 25.3 Å². The first-order valence-electron chi connectivity index (χ1n) is 3.29. The first-order valence-corrected chi connectivity index (χ1v) is 6.84. The molecule has 0 aliphatic rings. The van der Waals surface area contributed by atoms with Crippen LogP contribution in [0.25, 0.3) is 0 Å². The van der Waals surface area contributed by atoms with E-state index in [1.54, 1.807) is 0 Å². The Morgan fingerprint density at radius 3 is 1.40 bits per heavy atom. The Bertz CT molecular complexity index is 99.4. The van der Waals surface area contributed by atoms with E-state index in [0.717, 1.165) is 0 Å². The van der Waals surface area contributed by atoms with Crippen LogP contribution >= 0.6 is 0 Å². The maximum atomic E-state index is 4.97. The normalized spacial score (nSPS) is 9.80. The fourth-order valence-electron chi connectivity index (χ4n) is 0. The van der Waals surface area contributed by atoms with Gasteiger partial charge in [-0.15, -0.1) is 12.0 Å². The Balaban J connectivity index is 0. The van der Waals surface area contributed by atoms with Crippen LogP contribution in [0, 0.1) is 12.0 Å². The number of hydrogen-bond donors (Lipinski definition) is 0. The van der Waals surface area contributed by atoms with Gasteiger partial charge in [-0.05, 0) is 0 Å². The fraction of sp³-hybridized carbons (Fsp3) is 0.750. The monoisotopic (exact) mass is 214 g/mol. The van der Waals surface area contributed by atoms with Gasteiger partial charge in [-0.25, -0.2) is 0 Å². The van der Waals surface area contributed by atoms with E-state index in [4.69, 9.17) is 6.42 Å². The molecule has 0 amide bonds. The molecule has 2 heteroatoms. The molecule has 0 heterocycles. The van der Waals surface area contributed by atoms with E-state index in [-0.39, 0.29) is 8.80 Å². The van der Waals surface area contributed by atoms with Crippen LogP contribution in [0.1, 0.15) is 20.8 Å². The van der Waals surface area contributed by atoms with Crippen LogP contribution in [0.2, 0.25) is 17.3 Å². The van der Waals surface area contributed by atoms with Crippen LogP contribution in [0.15, 0.2) is 0 Å². The van der Waals surface area contributed by atoms with Crippen LogP contribution in [0.3, 0.4) is 0 Å². The Hall–Kier alpha value is 0.320. The molecule has 0 aromatic heterocycles. The third-order valence-corrected chi connectivity index (χ3v) is 0.866. The minimum atomic E-state index is -0.346. The summed E-state index contributed by atoms with van der Waals surface area (Å²) in [6.45, 7) is 10.7. The fourth-order valence-corrected chi connectivity index (χ4v) is 0. The molecule has 0 nitrogen and oxygen atoms in total. The number of rotatable bonds is 0. The third-order valence-electron chi connectivity index (χ3n) is 0.289. The quantitative estimate of drug-likeness (QED) is 0.427. The molecule has 0 aromatic carbocycles. The van der Waals surface area contributed by atoms with Crippen molar-refractivity contribution in [1.29, 1.82) is 0 Å². The summed E-state index contributed by atoms with van der Waals surface area (Å²) in [5, 5.41) is 0. The first-order chi connectivity index (χ1) is 4.27. The van der Waals surface area contributed by atoms with Gasteiger partial charge in [-0.2, -0.15) is 0 Å². The molecule has 0 bridgehead atoms. The summed E-state index contributed by atoms with van der Waals surface area (Å²) in [7, 11) is -0.346. The Morgan fingerprint density at radius 1 is 1.30 bits per heavy atom. The van der Waals surface area contributed by atoms with Gasteiger partial charge in [-0.3, -0.25) is 0 Å². The van der Waals surface area contributed by atoms with E-state index in [2.05, 4.69) is 55.9 Å². The van der Waals surface area contributed by atoms with Crippen molar-refractivity contribution in [2.75, 3.05) is 0 Å².